The van der Waals surface area contributed by atoms with Crippen LogP contribution in [0.4, 0.5) is 17.1 Å². The van der Waals surface area contributed by atoms with Gasteiger partial charge in [-0.05, 0) is 43.2 Å². The van der Waals surface area contributed by atoms with Crippen LogP contribution in [0, 0.1) is 17.0 Å². The molecule has 0 aliphatic carbocycles. The SMILES string of the molecule is Cc1cc(Cl)ccc1NC(=O)CCCNc1ccccc1[N+](=O)[O-]. The van der Waals surface area contributed by atoms with Crippen LogP contribution in [-0.2, 0) is 4.79 Å². The Hall–Kier alpha value is -2.60. The van der Waals surface area contributed by atoms with Gasteiger partial charge < -0.3 is 10.6 Å². The van der Waals surface area contributed by atoms with Crippen LogP contribution in [0.25, 0.3) is 0 Å². The Morgan fingerprint density at radius 1 is 1.21 bits per heavy atom. The highest BCUT2D eigenvalue weighted by Gasteiger charge is 2.11. The maximum absolute atomic E-state index is 12.0. The molecule has 0 radical (unpaired) electrons. The van der Waals surface area contributed by atoms with E-state index in [-0.39, 0.29) is 11.6 Å². The summed E-state index contributed by atoms with van der Waals surface area (Å²) in [6, 6.07) is 11.7. The van der Waals surface area contributed by atoms with E-state index in [4.69, 9.17) is 11.6 Å². The summed E-state index contributed by atoms with van der Waals surface area (Å²) in [5.41, 5.74) is 2.11. The molecule has 0 saturated carbocycles. The van der Waals surface area contributed by atoms with E-state index in [0.717, 1.165) is 11.3 Å². The van der Waals surface area contributed by atoms with E-state index in [0.29, 0.717) is 30.1 Å². The van der Waals surface area contributed by atoms with Crippen molar-refractivity contribution in [3.05, 3.63) is 63.2 Å². The number of halogens is 1. The Bertz CT molecular complexity index is 750. The number of nitrogens with one attached hydrogen (secondary N) is 2. The Morgan fingerprint density at radius 3 is 2.67 bits per heavy atom. The molecule has 0 fully saturated rings. The summed E-state index contributed by atoms with van der Waals surface area (Å²) < 4.78 is 0. The zero-order chi connectivity index (χ0) is 17.5. The van der Waals surface area contributed by atoms with Crippen molar-refractivity contribution >= 4 is 34.6 Å². The number of benzene rings is 2. The van der Waals surface area contributed by atoms with Crippen LogP contribution in [0.15, 0.2) is 42.5 Å². The third-order valence-electron chi connectivity index (χ3n) is 3.46. The standard InChI is InChI=1S/C17H18ClN3O3/c1-12-11-13(18)8-9-14(12)20-17(22)7-4-10-19-15-5-2-3-6-16(15)21(23)24/h2-3,5-6,8-9,11,19H,4,7,10H2,1H3,(H,20,22). The molecule has 0 unspecified atom stereocenters. The lowest BCUT2D eigenvalue weighted by Gasteiger charge is -2.09. The number of carbonyl (C=O) groups excluding carboxylic acids is 1. The maximum atomic E-state index is 12.0. The Morgan fingerprint density at radius 2 is 1.96 bits per heavy atom. The Balaban J connectivity index is 1.80. The molecule has 0 heterocycles. The number of nitrogens with zero attached hydrogens (tertiary/aromatic N) is 1. The van der Waals surface area contributed by atoms with Crippen molar-refractivity contribution in [2.45, 2.75) is 19.8 Å². The molecule has 0 aliphatic rings. The zero-order valence-electron chi connectivity index (χ0n) is 13.2. The summed E-state index contributed by atoms with van der Waals surface area (Å²) in [5, 5.41) is 17.4. The highest BCUT2D eigenvalue weighted by Crippen LogP contribution is 2.23. The second-order valence-electron chi connectivity index (χ2n) is 5.31. The lowest BCUT2D eigenvalue weighted by Crippen LogP contribution is -2.14. The molecule has 2 aromatic rings. The summed E-state index contributed by atoms with van der Waals surface area (Å²) in [7, 11) is 0. The number of anilines is 2. The number of amides is 1. The zero-order valence-corrected chi connectivity index (χ0v) is 14.0. The summed E-state index contributed by atoms with van der Waals surface area (Å²) in [5.74, 6) is -0.107. The van der Waals surface area contributed by atoms with Crippen molar-refractivity contribution < 1.29 is 9.72 Å². The molecule has 0 atom stereocenters. The summed E-state index contributed by atoms with van der Waals surface area (Å²) in [4.78, 5) is 22.4. The van der Waals surface area contributed by atoms with Gasteiger partial charge >= 0.3 is 0 Å². The Kier molecular flexibility index (Phi) is 6.14. The fourth-order valence-electron chi connectivity index (χ4n) is 2.23. The van der Waals surface area contributed by atoms with Crippen LogP contribution < -0.4 is 10.6 Å². The quantitative estimate of drug-likeness (QED) is 0.442. The Labute approximate surface area is 145 Å². The molecule has 2 aromatic carbocycles. The molecule has 1 amide bonds. The minimum atomic E-state index is -0.432. The average Bonchev–Trinajstić information content (AvgIpc) is 2.54. The molecule has 2 N–H and O–H groups in total. The molecule has 24 heavy (non-hydrogen) atoms. The normalized spacial score (nSPS) is 10.2. The van der Waals surface area contributed by atoms with Gasteiger partial charge in [0.1, 0.15) is 5.69 Å². The van der Waals surface area contributed by atoms with E-state index < -0.39 is 4.92 Å². The lowest BCUT2D eigenvalue weighted by molar-refractivity contribution is -0.384. The first-order chi connectivity index (χ1) is 11.5. The van der Waals surface area contributed by atoms with Gasteiger partial charge in [0.05, 0.1) is 4.92 Å². The van der Waals surface area contributed by atoms with Crippen LogP contribution in [0.3, 0.4) is 0 Å². The summed E-state index contributed by atoms with van der Waals surface area (Å²) in [6.07, 6.45) is 0.875. The lowest BCUT2D eigenvalue weighted by atomic mass is 10.2. The second-order valence-corrected chi connectivity index (χ2v) is 5.75. The molecule has 0 bridgehead atoms. The molecule has 0 aliphatic heterocycles. The van der Waals surface area contributed by atoms with Gasteiger partial charge in [0.2, 0.25) is 5.91 Å². The van der Waals surface area contributed by atoms with Crippen LogP contribution in [0.1, 0.15) is 18.4 Å². The molecular weight excluding hydrogens is 330 g/mol. The van der Waals surface area contributed by atoms with Gasteiger partial charge in [-0.2, -0.15) is 0 Å². The van der Waals surface area contributed by atoms with Crippen molar-refractivity contribution in [2.75, 3.05) is 17.2 Å². The first-order valence-corrected chi connectivity index (χ1v) is 7.88. The van der Waals surface area contributed by atoms with Crippen LogP contribution >= 0.6 is 11.6 Å². The average molecular weight is 348 g/mol. The second kappa shape index (κ2) is 8.31. The van der Waals surface area contributed by atoms with Crippen LogP contribution in [0.5, 0.6) is 0 Å². The van der Waals surface area contributed by atoms with E-state index in [9.17, 15) is 14.9 Å². The van der Waals surface area contributed by atoms with E-state index >= 15 is 0 Å². The van der Waals surface area contributed by atoms with Crippen molar-refractivity contribution in [2.24, 2.45) is 0 Å². The molecule has 2 rings (SSSR count). The minimum Gasteiger partial charge on any atom is -0.379 e. The summed E-state index contributed by atoms with van der Waals surface area (Å²) >= 11 is 5.88. The third kappa shape index (κ3) is 4.96. The number of nitro groups is 1. The number of hydrogen-bond acceptors (Lipinski definition) is 4. The van der Waals surface area contributed by atoms with Gasteiger partial charge in [-0.1, -0.05) is 23.7 Å². The molecular formula is C17H18ClN3O3. The molecule has 0 aromatic heterocycles. The minimum absolute atomic E-state index is 0.0266. The summed E-state index contributed by atoms with van der Waals surface area (Å²) in [6.45, 7) is 2.34. The van der Waals surface area contributed by atoms with Gasteiger partial charge in [0.15, 0.2) is 0 Å². The topological polar surface area (TPSA) is 84.3 Å². The van der Waals surface area contributed by atoms with Crippen molar-refractivity contribution in [3.8, 4) is 0 Å². The van der Waals surface area contributed by atoms with Gasteiger partial charge in [0, 0.05) is 29.7 Å². The predicted octanol–water partition coefficient (Wildman–Crippen LogP) is 4.39. The molecule has 126 valence electrons. The first kappa shape index (κ1) is 17.7. The van der Waals surface area contributed by atoms with E-state index in [1.807, 2.05) is 6.92 Å². The smallest absolute Gasteiger partial charge is 0.292 e. The number of rotatable bonds is 7. The molecule has 0 spiro atoms. The number of aryl methyl sites for hydroxylation is 1. The largest absolute Gasteiger partial charge is 0.379 e. The fourth-order valence-corrected chi connectivity index (χ4v) is 2.46. The fraction of sp³-hybridized carbons (Fsp3) is 0.235. The maximum Gasteiger partial charge on any atom is 0.292 e. The first-order valence-electron chi connectivity index (χ1n) is 7.50. The van der Waals surface area contributed by atoms with Gasteiger partial charge in [-0.3, -0.25) is 14.9 Å². The van der Waals surface area contributed by atoms with E-state index in [1.54, 1.807) is 36.4 Å². The van der Waals surface area contributed by atoms with Crippen molar-refractivity contribution in [1.82, 2.24) is 0 Å². The third-order valence-corrected chi connectivity index (χ3v) is 3.69. The van der Waals surface area contributed by atoms with E-state index in [2.05, 4.69) is 10.6 Å². The molecule has 6 nitrogen and oxygen atoms in total. The van der Waals surface area contributed by atoms with Crippen molar-refractivity contribution in [3.63, 3.8) is 0 Å². The molecule has 0 saturated heterocycles. The number of nitro benzene ring substituents is 1. The van der Waals surface area contributed by atoms with Crippen LogP contribution in [0.2, 0.25) is 5.02 Å². The number of carbonyl (C=O) groups is 1. The highest BCUT2D eigenvalue weighted by molar-refractivity contribution is 6.30. The van der Waals surface area contributed by atoms with Gasteiger partial charge in [-0.15, -0.1) is 0 Å². The van der Waals surface area contributed by atoms with Crippen LogP contribution in [-0.4, -0.2) is 17.4 Å². The number of hydrogen-bond donors (Lipinski definition) is 2. The predicted molar refractivity (Wildman–Crippen MR) is 95.6 cm³/mol. The monoisotopic (exact) mass is 347 g/mol. The van der Waals surface area contributed by atoms with E-state index in [1.165, 1.54) is 6.07 Å². The molecule has 7 heteroatoms. The number of para-hydroxylation sites is 2. The van der Waals surface area contributed by atoms with Gasteiger partial charge in [-0.25, -0.2) is 0 Å². The van der Waals surface area contributed by atoms with Crippen molar-refractivity contribution in [1.29, 1.82) is 0 Å². The highest BCUT2D eigenvalue weighted by atomic mass is 35.5. The van der Waals surface area contributed by atoms with Gasteiger partial charge in [0.25, 0.3) is 5.69 Å².